The van der Waals surface area contributed by atoms with E-state index in [9.17, 15) is 4.79 Å². The maximum absolute atomic E-state index is 12.1. The van der Waals surface area contributed by atoms with E-state index >= 15 is 0 Å². The maximum atomic E-state index is 12.1. The van der Waals surface area contributed by atoms with Crippen LogP contribution >= 0.6 is 0 Å². The zero-order valence-corrected chi connectivity index (χ0v) is 11.3. The molecule has 0 saturated carbocycles. The van der Waals surface area contributed by atoms with Gasteiger partial charge < -0.3 is 4.74 Å². The third-order valence-corrected chi connectivity index (χ3v) is 3.70. The van der Waals surface area contributed by atoms with Gasteiger partial charge in [-0.25, -0.2) is 0 Å². The molecule has 2 rings (SSSR count). The first-order valence-electron chi connectivity index (χ1n) is 6.86. The Bertz CT molecular complexity index is 386. The molecule has 0 aliphatic carbocycles. The minimum absolute atomic E-state index is 0.212. The molecule has 18 heavy (non-hydrogen) atoms. The van der Waals surface area contributed by atoms with Crippen molar-refractivity contribution in [3.8, 4) is 0 Å². The van der Waals surface area contributed by atoms with Gasteiger partial charge in [0.1, 0.15) is 5.78 Å². The average molecular weight is 246 g/mol. The van der Waals surface area contributed by atoms with E-state index in [0.717, 1.165) is 31.6 Å². The molecule has 0 N–H and O–H groups in total. The molecule has 1 aliphatic heterocycles. The Labute approximate surface area is 109 Å². The molecule has 1 saturated heterocycles. The third kappa shape index (κ3) is 3.42. The quantitative estimate of drug-likeness (QED) is 0.814. The molecule has 0 aromatic heterocycles. The zero-order chi connectivity index (χ0) is 13.0. The summed E-state index contributed by atoms with van der Waals surface area (Å²) in [5.41, 5.74) is 2.47. The summed E-state index contributed by atoms with van der Waals surface area (Å²) in [5.74, 6) is 1.13. The van der Waals surface area contributed by atoms with Gasteiger partial charge in [-0.15, -0.1) is 0 Å². The van der Waals surface area contributed by atoms with Crippen LogP contribution in [0, 0.1) is 5.92 Å². The van der Waals surface area contributed by atoms with Gasteiger partial charge in [0.05, 0.1) is 0 Å². The molecule has 1 fully saturated rings. The van der Waals surface area contributed by atoms with Crippen molar-refractivity contribution < 1.29 is 9.53 Å². The maximum Gasteiger partial charge on any atom is 0.140 e. The highest BCUT2D eigenvalue weighted by Gasteiger charge is 2.21. The number of hydrogen-bond donors (Lipinski definition) is 0. The van der Waals surface area contributed by atoms with Crippen LogP contribution in [0.2, 0.25) is 0 Å². The highest BCUT2D eigenvalue weighted by atomic mass is 16.5. The molecule has 2 heteroatoms. The van der Waals surface area contributed by atoms with Crippen LogP contribution in [0.3, 0.4) is 0 Å². The Balaban J connectivity index is 1.94. The number of Topliss-reactive ketones (excluding diaryl/α,β-unsaturated/α-hetero) is 1. The molecule has 0 unspecified atom stereocenters. The van der Waals surface area contributed by atoms with Crippen LogP contribution in [0.1, 0.15) is 43.7 Å². The molecule has 0 bridgehead atoms. The Hall–Kier alpha value is -1.15. The SMILES string of the molecule is CC(C)c1ccc(CC(=O)C2CCOCC2)cc1. The second-order valence-corrected chi connectivity index (χ2v) is 5.43. The van der Waals surface area contributed by atoms with Crippen molar-refractivity contribution in [3.63, 3.8) is 0 Å². The average Bonchev–Trinajstić information content (AvgIpc) is 2.40. The lowest BCUT2D eigenvalue weighted by atomic mass is 9.91. The molecule has 2 nitrogen and oxygen atoms in total. The largest absolute Gasteiger partial charge is 0.381 e. The van der Waals surface area contributed by atoms with Crippen molar-refractivity contribution in [2.45, 2.75) is 39.0 Å². The number of rotatable bonds is 4. The van der Waals surface area contributed by atoms with Crippen LogP contribution in [0.4, 0.5) is 0 Å². The summed E-state index contributed by atoms with van der Waals surface area (Å²) in [6.07, 6.45) is 2.36. The summed E-state index contributed by atoms with van der Waals surface area (Å²) >= 11 is 0. The van der Waals surface area contributed by atoms with Gasteiger partial charge in [-0.3, -0.25) is 4.79 Å². The van der Waals surface area contributed by atoms with E-state index in [1.807, 2.05) is 0 Å². The molecule has 0 radical (unpaired) electrons. The molecule has 1 aromatic carbocycles. The van der Waals surface area contributed by atoms with Crippen LogP contribution in [-0.4, -0.2) is 19.0 Å². The number of ketones is 1. The van der Waals surface area contributed by atoms with Gasteiger partial charge in [0.25, 0.3) is 0 Å². The Morgan fingerprint density at radius 3 is 2.39 bits per heavy atom. The van der Waals surface area contributed by atoms with Crippen LogP contribution in [0.15, 0.2) is 24.3 Å². The molecule has 0 atom stereocenters. The van der Waals surface area contributed by atoms with E-state index in [0.29, 0.717) is 18.1 Å². The number of carbonyl (C=O) groups is 1. The van der Waals surface area contributed by atoms with Crippen molar-refractivity contribution in [1.82, 2.24) is 0 Å². The van der Waals surface area contributed by atoms with E-state index in [2.05, 4.69) is 38.1 Å². The predicted octanol–water partition coefficient (Wildman–Crippen LogP) is 3.35. The lowest BCUT2D eigenvalue weighted by molar-refractivity contribution is -0.125. The molecule has 1 heterocycles. The summed E-state index contributed by atoms with van der Waals surface area (Å²) in [7, 11) is 0. The van der Waals surface area contributed by atoms with E-state index in [-0.39, 0.29) is 5.92 Å². The smallest absolute Gasteiger partial charge is 0.140 e. The summed E-state index contributed by atoms with van der Waals surface area (Å²) < 4.78 is 5.29. The standard InChI is InChI=1S/C16H22O2/c1-12(2)14-5-3-13(4-6-14)11-16(17)15-7-9-18-10-8-15/h3-6,12,15H,7-11H2,1-2H3. The first-order valence-corrected chi connectivity index (χ1v) is 6.86. The van der Waals surface area contributed by atoms with Gasteiger partial charge in [-0.2, -0.15) is 0 Å². The van der Waals surface area contributed by atoms with Gasteiger partial charge in [0.15, 0.2) is 0 Å². The normalized spacial score (nSPS) is 17.1. The van der Waals surface area contributed by atoms with Crippen molar-refractivity contribution in [3.05, 3.63) is 35.4 Å². The minimum Gasteiger partial charge on any atom is -0.381 e. The van der Waals surface area contributed by atoms with Gasteiger partial charge in [0.2, 0.25) is 0 Å². The van der Waals surface area contributed by atoms with Gasteiger partial charge in [-0.1, -0.05) is 38.1 Å². The fourth-order valence-corrected chi connectivity index (χ4v) is 2.39. The molecular weight excluding hydrogens is 224 g/mol. The van der Waals surface area contributed by atoms with E-state index in [1.54, 1.807) is 0 Å². The van der Waals surface area contributed by atoms with Gasteiger partial charge >= 0.3 is 0 Å². The van der Waals surface area contributed by atoms with Crippen molar-refractivity contribution >= 4 is 5.78 Å². The topological polar surface area (TPSA) is 26.3 Å². The van der Waals surface area contributed by atoms with Crippen LogP contribution < -0.4 is 0 Å². The Kier molecular flexibility index (Phi) is 4.54. The number of hydrogen-bond acceptors (Lipinski definition) is 2. The van der Waals surface area contributed by atoms with E-state index in [1.165, 1.54) is 5.56 Å². The number of benzene rings is 1. The second-order valence-electron chi connectivity index (χ2n) is 5.43. The first-order chi connectivity index (χ1) is 8.66. The molecule has 1 aliphatic rings. The van der Waals surface area contributed by atoms with Gasteiger partial charge in [0, 0.05) is 25.6 Å². The second kappa shape index (κ2) is 6.14. The minimum atomic E-state index is 0.212. The van der Waals surface area contributed by atoms with Crippen LogP contribution in [0.25, 0.3) is 0 Å². The number of ether oxygens (including phenoxy) is 1. The molecule has 1 aromatic rings. The van der Waals surface area contributed by atoms with Crippen LogP contribution in [0.5, 0.6) is 0 Å². The summed E-state index contributed by atoms with van der Waals surface area (Å²) in [6, 6.07) is 8.45. The Morgan fingerprint density at radius 2 is 1.83 bits per heavy atom. The summed E-state index contributed by atoms with van der Waals surface area (Å²) in [5, 5.41) is 0. The lowest BCUT2D eigenvalue weighted by Crippen LogP contribution is -2.24. The first kappa shape index (κ1) is 13.3. The molecular formula is C16H22O2. The highest BCUT2D eigenvalue weighted by molar-refractivity contribution is 5.83. The fraction of sp³-hybridized carbons (Fsp3) is 0.562. The van der Waals surface area contributed by atoms with Crippen molar-refractivity contribution in [2.75, 3.05) is 13.2 Å². The summed E-state index contributed by atoms with van der Waals surface area (Å²) in [6.45, 7) is 5.84. The highest BCUT2D eigenvalue weighted by Crippen LogP contribution is 2.19. The molecule has 98 valence electrons. The van der Waals surface area contributed by atoms with Crippen LogP contribution in [-0.2, 0) is 16.0 Å². The Morgan fingerprint density at radius 1 is 1.22 bits per heavy atom. The monoisotopic (exact) mass is 246 g/mol. The predicted molar refractivity (Wildman–Crippen MR) is 72.8 cm³/mol. The zero-order valence-electron chi connectivity index (χ0n) is 11.3. The lowest BCUT2D eigenvalue weighted by Gasteiger charge is -2.20. The number of carbonyl (C=O) groups excluding carboxylic acids is 1. The van der Waals surface area contributed by atoms with Crippen molar-refractivity contribution in [1.29, 1.82) is 0 Å². The molecule has 0 amide bonds. The van der Waals surface area contributed by atoms with Gasteiger partial charge in [-0.05, 0) is 29.9 Å². The van der Waals surface area contributed by atoms with Crippen molar-refractivity contribution in [2.24, 2.45) is 5.92 Å². The third-order valence-electron chi connectivity index (χ3n) is 3.70. The van der Waals surface area contributed by atoms with E-state index < -0.39 is 0 Å². The molecule has 0 spiro atoms. The van der Waals surface area contributed by atoms with E-state index in [4.69, 9.17) is 4.74 Å². The summed E-state index contributed by atoms with van der Waals surface area (Å²) in [4.78, 5) is 12.1. The fourth-order valence-electron chi connectivity index (χ4n) is 2.39.